The second kappa shape index (κ2) is 4.08. The second-order valence-electron chi connectivity index (χ2n) is 5.03. The molecule has 0 saturated heterocycles. The van der Waals surface area contributed by atoms with E-state index in [1.807, 2.05) is 13.0 Å². The number of pyridine rings is 1. The van der Waals surface area contributed by atoms with Crippen LogP contribution in [0.15, 0.2) is 18.2 Å². The van der Waals surface area contributed by atoms with Gasteiger partial charge in [-0.15, -0.1) is 0 Å². The van der Waals surface area contributed by atoms with Crippen molar-refractivity contribution in [3.05, 3.63) is 40.6 Å². The van der Waals surface area contributed by atoms with Crippen LogP contribution in [0.4, 0.5) is 0 Å². The molecular weight excluding hydrogens is 222 g/mol. The monoisotopic (exact) mass is 237 g/mol. The third kappa shape index (κ3) is 1.66. The molecule has 90 valence electrons. The molecule has 3 nitrogen and oxygen atoms in total. The van der Waals surface area contributed by atoms with Crippen molar-refractivity contribution in [2.24, 2.45) is 0 Å². The maximum absolute atomic E-state index is 9.47. The molecule has 0 atom stereocenters. The molecule has 1 aliphatic rings. The van der Waals surface area contributed by atoms with Crippen molar-refractivity contribution in [1.29, 1.82) is 5.26 Å². The highest BCUT2D eigenvalue weighted by atomic mass is 15.1. The second-order valence-corrected chi connectivity index (χ2v) is 5.03. The molecule has 3 heteroatoms. The standard InChI is InChI=1S/C15H15N3/c1-10-3-4-14-11(7-10)12(8-16)13-9-18(2)6-5-15(13)17-14/h3-4,7H,5-6,9H2,1-2H3. The predicted molar refractivity (Wildman–Crippen MR) is 71.2 cm³/mol. The fourth-order valence-electron chi connectivity index (χ4n) is 2.62. The molecule has 1 aliphatic heterocycles. The molecule has 1 aromatic carbocycles. The third-order valence-corrected chi connectivity index (χ3v) is 3.60. The summed E-state index contributed by atoms with van der Waals surface area (Å²) in [5, 5.41) is 10.5. The van der Waals surface area contributed by atoms with Gasteiger partial charge in [0.05, 0.1) is 11.1 Å². The molecule has 0 amide bonds. The average Bonchev–Trinajstić information content (AvgIpc) is 2.36. The molecule has 0 unspecified atom stereocenters. The van der Waals surface area contributed by atoms with Gasteiger partial charge in [-0.25, -0.2) is 0 Å². The number of nitriles is 1. The summed E-state index contributed by atoms with van der Waals surface area (Å²) in [5.41, 5.74) is 5.14. The van der Waals surface area contributed by atoms with Crippen molar-refractivity contribution in [1.82, 2.24) is 9.88 Å². The lowest BCUT2D eigenvalue weighted by atomic mass is 9.96. The van der Waals surface area contributed by atoms with Crippen molar-refractivity contribution < 1.29 is 0 Å². The SMILES string of the molecule is Cc1ccc2nc3c(c(C#N)c2c1)CN(C)CC3. The minimum Gasteiger partial charge on any atom is -0.302 e. The Morgan fingerprint density at radius 1 is 1.39 bits per heavy atom. The summed E-state index contributed by atoms with van der Waals surface area (Å²) in [4.78, 5) is 6.96. The summed E-state index contributed by atoms with van der Waals surface area (Å²) in [6.07, 6.45) is 0.935. The average molecular weight is 237 g/mol. The number of nitrogens with zero attached hydrogens (tertiary/aromatic N) is 3. The van der Waals surface area contributed by atoms with Gasteiger partial charge in [-0.3, -0.25) is 4.98 Å². The Morgan fingerprint density at radius 2 is 2.22 bits per heavy atom. The Balaban J connectivity index is 2.35. The molecule has 0 bridgehead atoms. The quantitative estimate of drug-likeness (QED) is 0.706. The molecule has 3 rings (SSSR count). The van der Waals surface area contributed by atoms with Crippen molar-refractivity contribution in [2.75, 3.05) is 13.6 Å². The fourth-order valence-corrected chi connectivity index (χ4v) is 2.62. The summed E-state index contributed by atoms with van der Waals surface area (Å²) in [6, 6.07) is 8.52. The van der Waals surface area contributed by atoms with Crippen molar-refractivity contribution in [3.63, 3.8) is 0 Å². The van der Waals surface area contributed by atoms with E-state index in [1.165, 1.54) is 5.56 Å². The van der Waals surface area contributed by atoms with Crippen LogP contribution in [0, 0.1) is 18.3 Å². The smallest absolute Gasteiger partial charge is 0.100 e. The van der Waals surface area contributed by atoms with Crippen LogP contribution < -0.4 is 0 Å². The van der Waals surface area contributed by atoms with Crippen LogP contribution in [0.5, 0.6) is 0 Å². The molecule has 0 aliphatic carbocycles. The first-order valence-electron chi connectivity index (χ1n) is 6.20. The van der Waals surface area contributed by atoms with E-state index in [4.69, 9.17) is 4.98 Å². The van der Waals surface area contributed by atoms with Crippen LogP contribution in [-0.4, -0.2) is 23.5 Å². The van der Waals surface area contributed by atoms with Gasteiger partial charge in [-0.1, -0.05) is 11.6 Å². The van der Waals surface area contributed by atoms with Crippen LogP contribution >= 0.6 is 0 Å². The zero-order chi connectivity index (χ0) is 12.7. The summed E-state index contributed by atoms with van der Waals surface area (Å²) in [7, 11) is 2.09. The molecule has 2 aromatic rings. The van der Waals surface area contributed by atoms with Gasteiger partial charge in [0.2, 0.25) is 0 Å². The first-order chi connectivity index (χ1) is 8.69. The summed E-state index contributed by atoms with van der Waals surface area (Å²) in [6.45, 7) is 3.89. The molecule has 0 saturated carbocycles. The van der Waals surface area contributed by atoms with Crippen LogP contribution in [0.2, 0.25) is 0 Å². The first kappa shape index (κ1) is 11.2. The van der Waals surface area contributed by atoms with E-state index >= 15 is 0 Å². The maximum atomic E-state index is 9.47. The lowest BCUT2D eigenvalue weighted by molar-refractivity contribution is 0.310. The molecule has 2 heterocycles. The number of hydrogen-bond donors (Lipinski definition) is 0. The lowest BCUT2D eigenvalue weighted by Crippen LogP contribution is -2.28. The van der Waals surface area contributed by atoms with Gasteiger partial charge in [-0.2, -0.15) is 5.26 Å². The van der Waals surface area contributed by atoms with E-state index in [9.17, 15) is 5.26 Å². The van der Waals surface area contributed by atoms with E-state index < -0.39 is 0 Å². The Hall–Kier alpha value is -1.92. The van der Waals surface area contributed by atoms with E-state index in [-0.39, 0.29) is 0 Å². The first-order valence-corrected chi connectivity index (χ1v) is 6.20. The Labute approximate surface area is 107 Å². The summed E-state index contributed by atoms with van der Waals surface area (Å²) >= 11 is 0. The van der Waals surface area contributed by atoms with Crippen molar-refractivity contribution in [3.8, 4) is 6.07 Å². The maximum Gasteiger partial charge on any atom is 0.100 e. The fraction of sp³-hybridized carbons (Fsp3) is 0.333. The molecular formula is C15H15N3. The van der Waals surface area contributed by atoms with Gasteiger partial charge < -0.3 is 4.90 Å². The number of aromatic nitrogens is 1. The van der Waals surface area contributed by atoms with Crippen LogP contribution in [0.1, 0.15) is 22.4 Å². The molecule has 18 heavy (non-hydrogen) atoms. The van der Waals surface area contributed by atoms with Gasteiger partial charge in [0, 0.05) is 36.2 Å². The zero-order valence-electron chi connectivity index (χ0n) is 10.7. The molecule has 0 spiro atoms. The van der Waals surface area contributed by atoms with Gasteiger partial charge in [0.15, 0.2) is 0 Å². The Bertz CT molecular complexity index is 667. The Morgan fingerprint density at radius 3 is 3.00 bits per heavy atom. The van der Waals surface area contributed by atoms with E-state index in [0.29, 0.717) is 0 Å². The molecule has 1 aromatic heterocycles. The number of aryl methyl sites for hydroxylation is 1. The van der Waals surface area contributed by atoms with Gasteiger partial charge in [0.25, 0.3) is 0 Å². The molecule has 0 radical (unpaired) electrons. The molecule has 0 fully saturated rings. The summed E-state index contributed by atoms with van der Waals surface area (Å²) < 4.78 is 0. The van der Waals surface area contributed by atoms with Gasteiger partial charge in [-0.05, 0) is 26.1 Å². The predicted octanol–water partition coefficient (Wildman–Crippen LogP) is 2.40. The number of likely N-dealkylation sites (N-methyl/N-ethyl adjacent to an activating group) is 1. The van der Waals surface area contributed by atoms with E-state index in [2.05, 4.69) is 30.1 Å². The minimum absolute atomic E-state index is 0.810. The minimum atomic E-state index is 0.810. The number of benzene rings is 1. The highest BCUT2D eigenvalue weighted by Gasteiger charge is 2.20. The lowest BCUT2D eigenvalue weighted by Gasteiger charge is -2.25. The highest BCUT2D eigenvalue weighted by Crippen LogP contribution is 2.27. The highest BCUT2D eigenvalue weighted by molar-refractivity contribution is 5.87. The summed E-state index contributed by atoms with van der Waals surface area (Å²) in [5.74, 6) is 0. The molecule has 0 N–H and O–H groups in total. The Kier molecular flexibility index (Phi) is 2.53. The van der Waals surface area contributed by atoms with Crippen LogP contribution in [0.3, 0.4) is 0 Å². The third-order valence-electron chi connectivity index (χ3n) is 3.60. The van der Waals surface area contributed by atoms with Gasteiger partial charge >= 0.3 is 0 Å². The van der Waals surface area contributed by atoms with E-state index in [1.54, 1.807) is 0 Å². The topological polar surface area (TPSA) is 39.9 Å². The largest absolute Gasteiger partial charge is 0.302 e. The normalized spacial score (nSPS) is 15.4. The van der Waals surface area contributed by atoms with Gasteiger partial charge in [0.1, 0.15) is 6.07 Å². The zero-order valence-corrected chi connectivity index (χ0v) is 10.7. The van der Waals surface area contributed by atoms with E-state index in [0.717, 1.165) is 47.2 Å². The number of hydrogen-bond acceptors (Lipinski definition) is 3. The number of rotatable bonds is 0. The van der Waals surface area contributed by atoms with Crippen LogP contribution in [0.25, 0.3) is 10.9 Å². The van der Waals surface area contributed by atoms with Crippen LogP contribution in [-0.2, 0) is 13.0 Å². The van der Waals surface area contributed by atoms with Crippen molar-refractivity contribution in [2.45, 2.75) is 19.9 Å². The number of fused-ring (bicyclic) bond motifs is 2. The van der Waals surface area contributed by atoms with Crippen molar-refractivity contribution >= 4 is 10.9 Å².